The number of Topliss-reactive ketones (excluding diaryl/α,β-unsaturated/α-hetero) is 1. The normalized spacial score (nSPS) is 44.1. The van der Waals surface area contributed by atoms with Crippen LogP contribution in [0.3, 0.4) is 0 Å². The van der Waals surface area contributed by atoms with E-state index in [0.717, 1.165) is 12.8 Å². The van der Waals surface area contributed by atoms with Gasteiger partial charge < -0.3 is 0 Å². The molecule has 0 aromatic rings. The topological polar surface area (TPSA) is 17.1 Å². The van der Waals surface area contributed by atoms with Crippen molar-refractivity contribution in [2.75, 3.05) is 0 Å². The van der Waals surface area contributed by atoms with E-state index >= 15 is 0 Å². The minimum absolute atomic E-state index is 0.0596. The molecule has 0 saturated heterocycles. The van der Waals surface area contributed by atoms with Gasteiger partial charge in [-0.05, 0) is 17.3 Å². The molecule has 0 radical (unpaired) electrons. The third-order valence-electron chi connectivity index (χ3n) is 3.99. The van der Waals surface area contributed by atoms with Crippen molar-refractivity contribution < 1.29 is 4.79 Å². The van der Waals surface area contributed by atoms with Crippen LogP contribution in [-0.4, -0.2) is 5.78 Å². The second kappa shape index (κ2) is 1.84. The van der Waals surface area contributed by atoms with Crippen LogP contribution < -0.4 is 0 Å². The Balaban J connectivity index is 2.49. The SMILES string of the molecule is C=C1C2(C)CC(=O)C(C2)C1(C)C. The zero-order valence-corrected chi connectivity index (χ0v) is 8.11. The van der Waals surface area contributed by atoms with Crippen molar-refractivity contribution in [3.63, 3.8) is 0 Å². The van der Waals surface area contributed by atoms with Gasteiger partial charge in [-0.3, -0.25) is 4.79 Å². The Kier molecular flexibility index (Phi) is 1.23. The van der Waals surface area contributed by atoms with Crippen molar-refractivity contribution in [2.24, 2.45) is 16.7 Å². The lowest BCUT2D eigenvalue weighted by molar-refractivity contribution is -0.124. The molecule has 2 saturated carbocycles. The Labute approximate surface area is 73.8 Å². The van der Waals surface area contributed by atoms with Crippen LogP contribution >= 0.6 is 0 Å². The summed E-state index contributed by atoms with van der Waals surface area (Å²) in [5.41, 5.74) is 1.48. The quantitative estimate of drug-likeness (QED) is 0.503. The first kappa shape index (κ1) is 8.03. The van der Waals surface area contributed by atoms with E-state index in [9.17, 15) is 4.79 Å². The fraction of sp³-hybridized carbons (Fsp3) is 0.727. The van der Waals surface area contributed by atoms with Gasteiger partial charge in [-0.2, -0.15) is 0 Å². The first-order chi connectivity index (χ1) is 5.38. The molecule has 2 unspecified atom stereocenters. The maximum atomic E-state index is 11.6. The molecular weight excluding hydrogens is 148 g/mol. The van der Waals surface area contributed by atoms with Gasteiger partial charge in [0.25, 0.3) is 0 Å². The molecule has 0 aromatic carbocycles. The van der Waals surface area contributed by atoms with Crippen LogP contribution in [-0.2, 0) is 4.79 Å². The Morgan fingerprint density at radius 2 is 2.00 bits per heavy atom. The summed E-state index contributed by atoms with van der Waals surface area (Å²) in [7, 11) is 0. The van der Waals surface area contributed by atoms with Crippen LogP contribution in [0.15, 0.2) is 12.2 Å². The molecule has 0 amide bonds. The number of hydrogen-bond donors (Lipinski definition) is 0. The van der Waals surface area contributed by atoms with Gasteiger partial charge in [-0.25, -0.2) is 0 Å². The summed E-state index contributed by atoms with van der Waals surface area (Å²) in [6, 6.07) is 0. The van der Waals surface area contributed by atoms with Crippen LogP contribution in [0.5, 0.6) is 0 Å². The molecule has 2 atom stereocenters. The second-order valence-corrected chi connectivity index (χ2v) is 5.16. The van der Waals surface area contributed by atoms with Gasteiger partial charge in [-0.15, -0.1) is 0 Å². The molecule has 0 aromatic heterocycles. The Morgan fingerprint density at radius 3 is 2.33 bits per heavy atom. The largest absolute Gasteiger partial charge is 0.299 e. The minimum atomic E-state index is 0.0596. The molecule has 66 valence electrons. The van der Waals surface area contributed by atoms with Crippen LogP contribution in [0.25, 0.3) is 0 Å². The molecule has 0 aliphatic heterocycles. The third kappa shape index (κ3) is 0.675. The molecule has 2 aliphatic rings. The van der Waals surface area contributed by atoms with E-state index in [4.69, 9.17) is 0 Å². The molecule has 2 rings (SSSR count). The van der Waals surface area contributed by atoms with Crippen molar-refractivity contribution in [3.05, 3.63) is 12.2 Å². The molecule has 2 bridgehead atoms. The number of carbonyl (C=O) groups is 1. The average Bonchev–Trinajstić information content (AvgIpc) is 2.32. The Bertz CT molecular complexity index is 268. The second-order valence-electron chi connectivity index (χ2n) is 5.16. The first-order valence-electron chi connectivity index (χ1n) is 4.60. The molecule has 0 heterocycles. The van der Waals surface area contributed by atoms with E-state index < -0.39 is 0 Å². The third-order valence-corrected chi connectivity index (χ3v) is 3.99. The van der Waals surface area contributed by atoms with Crippen molar-refractivity contribution in [3.8, 4) is 0 Å². The lowest BCUT2D eigenvalue weighted by Crippen LogP contribution is -2.31. The molecular formula is C11H16O. The molecule has 1 nitrogen and oxygen atoms in total. The van der Waals surface area contributed by atoms with E-state index in [-0.39, 0.29) is 16.7 Å². The van der Waals surface area contributed by atoms with Crippen molar-refractivity contribution in [1.82, 2.24) is 0 Å². The molecule has 0 spiro atoms. The highest BCUT2D eigenvalue weighted by molar-refractivity contribution is 5.88. The van der Waals surface area contributed by atoms with Gasteiger partial charge >= 0.3 is 0 Å². The predicted molar refractivity (Wildman–Crippen MR) is 48.8 cm³/mol. The lowest BCUT2D eigenvalue weighted by atomic mass is 9.69. The molecule has 1 heteroatoms. The van der Waals surface area contributed by atoms with Crippen LogP contribution in [0, 0.1) is 16.7 Å². The first-order valence-corrected chi connectivity index (χ1v) is 4.60. The summed E-state index contributed by atoms with van der Waals surface area (Å²) in [6.45, 7) is 10.6. The maximum absolute atomic E-state index is 11.6. The van der Waals surface area contributed by atoms with Gasteiger partial charge in [0, 0.05) is 12.3 Å². The number of rotatable bonds is 0. The van der Waals surface area contributed by atoms with Gasteiger partial charge in [0.05, 0.1) is 0 Å². The van der Waals surface area contributed by atoms with E-state index in [0.29, 0.717) is 5.78 Å². The van der Waals surface area contributed by atoms with E-state index in [1.807, 2.05) is 0 Å². The molecule has 0 N–H and O–H groups in total. The molecule has 2 aliphatic carbocycles. The van der Waals surface area contributed by atoms with Gasteiger partial charge in [0.15, 0.2) is 0 Å². The number of fused-ring (bicyclic) bond motifs is 2. The standard InChI is InChI=1S/C11H16O/c1-7-10(2,3)8-5-11(7,4)6-9(8)12/h8H,1,5-6H2,2-4H3. The summed E-state index contributed by atoms with van der Waals surface area (Å²) >= 11 is 0. The smallest absolute Gasteiger partial charge is 0.137 e. The average molecular weight is 164 g/mol. The zero-order chi connectivity index (χ0) is 9.15. The summed E-state index contributed by atoms with van der Waals surface area (Å²) in [4.78, 5) is 11.6. The van der Waals surface area contributed by atoms with Crippen molar-refractivity contribution in [2.45, 2.75) is 33.6 Å². The van der Waals surface area contributed by atoms with Gasteiger partial charge in [0.2, 0.25) is 0 Å². The highest BCUT2D eigenvalue weighted by Crippen LogP contribution is 2.63. The number of ketones is 1. The van der Waals surface area contributed by atoms with Crippen LogP contribution in [0.1, 0.15) is 33.6 Å². The van der Waals surface area contributed by atoms with Crippen LogP contribution in [0.4, 0.5) is 0 Å². The monoisotopic (exact) mass is 164 g/mol. The zero-order valence-electron chi connectivity index (χ0n) is 8.11. The molecule has 12 heavy (non-hydrogen) atoms. The lowest BCUT2D eigenvalue weighted by Gasteiger charge is -2.35. The fourth-order valence-electron chi connectivity index (χ4n) is 3.02. The van der Waals surface area contributed by atoms with E-state index in [1.54, 1.807) is 0 Å². The summed E-state index contributed by atoms with van der Waals surface area (Å²) < 4.78 is 0. The van der Waals surface area contributed by atoms with Gasteiger partial charge in [-0.1, -0.05) is 32.9 Å². The van der Waals surface area contributed by atoms with E-state index in [2.05, 4.69) is 27.4 Å². The Morgan fingerprint density at radius 1 is 1.42 bits per heavy atom. The van der Waals surface area contributed by atoms with E-state index in [1.165, 1.54) is 5.57 Å². The Hall–Kier alpha value is -0.590. The maximum Gasteiger partial charge on any atom is 0.137 e. The predicted octanol–water partition coefficient (Wildman–Crippen LogP) is 2.57. The van der Waals surface area contributed by atoms with Crippen molar-refractivity contribution in [1.29, 1.82) is 0 Å². The summed E-state index contributed by atoms with van der Waals surface area (Å²) in [5, 5.41) is 0. The highest BCUT2D eigenvalue weighted by Gasteiger charge is 2.59. The highest BCUT2D eigenvalue weighted by atomic mass is 16.1. The summed E-state index contributed by atoms with van der Waals surface area (Å²) in [6.07, 6.45) is 1.78. The number of hydrogen-bond acceptors (Lipinski definition) is 1. The van der Waals surface area contributed by atoms with Gasteiger partial charge in [0.1, 0.15) is 5.78 Å². The number of carbonyl (C=O) groups excluding carboxylic acids is 1. The van der Waals surface area contributed by atoms with Crippen LogP contribution in [0.2, 0.25) is 0 Å². The minimum Gasteiger partial charge on any atom is -0.299 e. The van der Waals surface area contributed by atoms with Crippen molar-refractivity contribution >= 4 is 5.78 Å². The number of allylic oxidation sites excluding steroid dienone is 1. The fourth-order valence-corrected chi connectivity index (χ4v) is 3.02. The molecule has 2 fully saturated rings. The summed E-state index contributed by atoms with van der Waals surface area (Å²) in [5.74, 6) is 0.713.